The largest absolute Gasteiger partial charge is 0.350 e. The molecule has 21 heavy (non-hydrogen) atoms. The van der Waals surface area contributed by atoms with Gasteiger partial charge in [-0.05, 0) is 43.4 Å². The minimum Gasteiger partial charge on any atom is -0.350 e. The first-order valence-electron chi connectivity index (χ1n) is 6.86. The lowest BCUT2D eigenvalue weighted by atomic mass is 9.97. The Hall–Kier alpha value is -1.39. The Morgan fingerprint density at radius 1 is 1.14 bits per heavy atom. The van der Waals surface area contributed by atoms with Gasteiger partial charge >= 0.3 is 0 Å². The summed E-state index contributed by atoms with van der Waals surface area (Å²) in [5, 5.41) is 3.75. The zero-order valence-corrected chi connectivity index (χ0v) is 12.8. The molecule has 0 atom stereocenters. The number of halogens is 3. The zero-order chi connectivity index (χ0) is 14.8. The van der Waals surface area contributed by atoms with Crippen LogP contribution >= 0.6 is 23.2 Å². The molecule has 1 aliphatic rings. The predicted molar refractivity (Wildman–Crippen MR) is 82.4 cm³/mol. The molecule has 1 N–H and O–H groups in total. The second-order valence-electron chi connectivity index (χ2n) is 5.07. The van der Waals surface area contributed by atoms with Crippen molar-refractivity contribution in [2.75, 3.05) is 5.32 Å². The van der Waals surface area contributed by atoms with Crippen LogP contribution in [0.1, 0.15) is 29.7 Å². The summed E-state index contributed by atoms with van der Waals surface area (Å²) in [5.41, 5.74) is 2.96. The van der Waals surface area contributed by atoms with Crippen LogP contribution in [0.25, 0.3) is 0 Å². The lowest BCUT2D eigenvalue weighted by Crippen LogP contribution is -2.11. The number of hydrogen-bond donors (Lipinski definition) is 1. The number of rotatable bonds is 3. The van der Waals surface area contributed by atoms with Crippen molar-refractivity contribution in [3.63, 3.8) is 0 Å². The maximum atomic E-state index is 13.1. The van der Waals surface area contributed by atoms with Gasteiger partial charge in [0.25, 0.3) is 0 Å². The van der Waals surface area contributed by atoms with Crippen molar-refractivity contribution in [3.8, 4) is 0 Å². The Balaban J connectivity index is 1.76. The van der Waals surface area contributed by atoms with Crippen LogP contribution in [0, 0.1) is 5.82 Å². The molecule has 1 heterocycles. The van der Waals surface area contributed by atoms with E-state index in [2.05, 4.69) is 15.3 Å². The lowest BCUT2D eigenvalue weighted by Gasteiger charge is -2.16. The van der Waals surface area contributed by atoms with Crippen LogP contribution in [0.5, 0.6) is 0 Å². The molecule has 0 radical (unpaired) electrons. The van der Waals surface area contributed by atoms with Crippen LogP contribution in [-0.4, -0.2) is 9.97 Å². The van der Waals surface area contributed by atoms with Crippen LogP contribution in [0.2, 0.25) is 10.2 Å². The highest BCUT2D eigenvalue weighted by Gasteiger charge is 2.16. The van der Waals surface area contributed by atoms with E-state index in [-0.39, 0.29) is 5.02 Å². The Morgan fingerprint density at radius 3 is 2.76 bits per heavy atom. The Kier molecular flexibility index (Phi) is 4.27. The van der Waals surface area contributed by atoms with Crippen molar-refractivity contribution >= 4 is 29.2 Å². The number of benzene rings is 1. The average Bonchev–Trinajstić information content (AvgIpc) is 2.49. The molecular formula is C15H14Cl2FN3. The van der Waals surface area contributed by atoms with E-state index in [9.17, 15) is 4.39 Å². The van der Waals surface area contributed by atoms with Gasteiger partial charge in [0.2, 0.25) is 5.95 Å². The highest BCUT2D eigenvalue weighted by atomic mass is 35.5. The molecule has 3 nitrogen and oxygen atoms in total. The normalized spacial score (nSPS) is 13.9. The fourth-order valence-electron chi connectivity index (χ4n) is 2.46. The van der Waals surface area contributed by atoms with Crippen LogP contribution < -0.4 is 5.32 Å². The highest BCUT2D eigenvalue weighted by molar-refractivity contribution is 6.30. The smallest absolute Gasteiger partial charge is 0.224 e. The van der Waals surface area contributed by atoms with Gasteiger partial charge in [-0.15, -0.1) is 0 Å². The van der Waals surface area contributed by atoms with E-state index in [0.29, 0.717) is 17.6 Å². The van der Waals surface area contributed by atoms with Gasteiger partial charge < -0.3 is 5.32 Å². The molecular weight excluding hydrogens is 312 g/mol. The van der Waals surface area contributed by atoms with Gasteiger partial charge in [0.05, 0.1) is 10.7 Å². The predicted octanol–water partition coefficient (Wildman–Crippen LogP) is 4.41. The molecule has 0 spiro atoms. The van der Waals surface area contributed by atoms with E-state index >= 15 is 0 Å². The second kappa shape index (κ2) is 6.16. The molecule has 1 aromatic heterocycles. The minimum absolute atomic E-state index is 0.110. The molecule has 2 aromatic rings. The molecule has 0 aliphatic heterocycles. The highest BCUT2D eigenvalue weighted by Crippen LogP contribution is 2.26. The van der Waals surface area contributed by atoms with Gasteiger partial charge in [-0.25, -0.2) is 14.4 Å². The number of nitrogens with zero attached hydrogens (tertiary/aromatic N) is 2. The molecule has 0 bridgehead atoms. The monoisotopic (exact) mass is 325 g/mol. The van der Waals surface area contributed by atoms with E-state index in [1.165, 1.54) is 6.07 Å². The number of aromatic nitrogens is 2. The summed E-state index contributed by atoms with van der Waals surface area (Å²) in [6.07, 6.45) is 4.15. The summed E-state index contributed by atoms with van der Waals surface area (Å²) in [5.74, 6) is 0.0783. The average molecular weight is 326 g/mol. The third-order valence-electron chi connectivity index (χ3n) is 3.57. The Morgan fingerprint density at radius 2 is 1.95 bits per heavy atom. The lowest BCUT2D eigenvalue weighted by molar-refractivity contribution is 0.627. The zero-order valence-electron chi connectivity index (χ0n) is 11.3. The number of nitrogens with one attached hydrogen (secondary N) is 1. The van der Waals surface area contributed by atoms with Gasteiger partial charge in [0.1, 0.15) is 11.0 Å². The number of fused-ring (bicyclic) bond motifs is 1. The van der Waals surface area contributed by atoms with E-state index in [1.807, 2.05) is 0 Å². The van der Waals surface area contributed by atoms with Gasteiger partial charge in [-0.3, -0.25) is 0 Å². The Bertz CT molecular complexity index is 676. The molecule has 1 aliphatic carbocycles. The summed E-state index contributed by atoms with van der Waals surface area (Å²) in [6.45, 7) is 0.467. The van der Waals surface area contributed by atoms with Gasteiger partial charge in [0, 0.05) is 12.1 Å². The first-order valence-corrected chi connectivity index (χ1v) is 7.62. The van der Waals surface area contributed by atoms with E-state index in [4.69, 9.17) is 23.2 Å². The third kappa shape index (κ3) is 3.27. The number of aryl methyl sites for hydroxylation is 1. The summed E-state index contributed by atoms with van der Waals surface area (Å²) in [6, 6.07) is 4.61. The van der Waals surface area contributed by atoms with Crippen molar-refractivity contribution < 1.29 is 4.39 Å². The summed E-state index contributed by atoms with van der Waals surface area (Å²) >= 11 is 12.0. The molecule has 6 heteroatoms. The number of anilines is 1. The molecule has 0 amide bonds. The molecule has 0 fully saturated rings. The van der Waals surface area contributed by atoms with Crippen LogP contribution in [-0.2, 0) is 19.4 Å². The number of hydrogen-bond acceptors (Lipinski definition) is 3. The minimum atomic E-state index is -0.423. The molecule has 0 saturated heterocycles. The standard InChI is InChI=1S/C15H14Cl2FN3/c16-11-7-9(5-6-12(11)18)8-19-15-20-13-4-2-1-3-10(13)14(17)21-15/h5-7H,1-4,8H2,(H,19,20,21). The fraction of sp³-hybridized carbons (Fsp3) is 0.333. The third-order valence-corrected chi connectivity index (χ3v) is 4.17. The molecule has 3 rings (SSSR count). The van der Waals surface area contributed by atoms with E-state index in [1.54, 1.807) is 12.1 Å². The first kappa shape index (κ1) is 14.5. The molecule has 110 valence electrons. The van der Waals surface area contributed by atoms with Crippen LogP contribution in [0.4, 0.5) is 10.3 Å². The topological polar surface area (TPSA) is 37.8 Å². The van der Waals surface area contributed by atoms with E-state index < -0.39 is 5.82 Å². The van der Waals surface area contributed by atoms with Gasteiger partial charge in [0.15, 0.2) is 0 Å². The van der Waals surface area contributed by atoms with Gasteiger partial charge in [-0.1, -0.05) is 29.3 Å². The molecule has 0 saturated carbocycles. The van der Waals surface area contributed by atoms with E-state index in [0.717, 1.165) is 42.5 Å². The fourth-order valence-corrected chi connectivity index (χ4v) is 2.94. The molecule has 0 unspecified atom stereocenters. The van der Waals surface area contributed by atoms with Crippen molar-refractivity contribution in [2.24, 2.45) is 0 Å². The Labute approximate surface area is 132 Å². The quantitative estimate of drug-likeness (QED) is 0.849. The van der Waals surface area contributed by atoms with Gasteiger partial charge in [-0.2, -0.15) is 0 Å². The van der Waals surface area contributed by atoms with Crippen molar-refractivity contribution in [1.82, 2.24) is 9.97 Å². The van der Waals surface area contributed by atoms with Crippen molar-refractivity contribution in [2.45, 2.75) is 32.2 Å². The summed E-state index contributed by atoms with van der Waals surface area (Å²) in [7, 11) is 0. The summed E-state index contributed by atoms with van der Waals surface area (Å²) < 4.78 is 13.1. The van der Waals surface area contributed by atoms with Crippen molar-refractivity contribution in [1.29, 1.82) is 0 Å². The SMILES string of the molecule is Fc1ccc(CNc2nc(Cl)c3c(n2)CCCC3)cc1Cl. The van der Waals surface area contributed by atoms with Crippen LogP contribution in [0.15, 0.2) is 18.2 Å². The maximum absolute atomic E-state index is 13.1. The maximum Gasteiger partial charge on any atom is 0.224 e. The summed E-state index contributed by atoms with van der Waals surface area (Å²) in [4.78, 5) is 8.79. The second-order valence-corrected chi connectivity index (χ2v) is 5.84. The first-order chi connectivity index (χ1) is 10.1. The van der Waals surface area contributed by atoms with Crippen LogP contribution in [0.3, 0.4) is 0 Å². The molecule has 1 aromatic carbocycles. The van der Waals surface area contributed by atoms with Crippen molar-refractivity contribution in [3.05, 3.63) is 51.0 Å².